The van der Waals surface area contributed by atoms with E-state index in [-0.39, 0.29) is 11.4 Å². The maximum Gasteiger partial charge on any atom is 0.271 e. The van der Waals surface area contributed by atoms with E-state index in [0.717, 1.165) is 5.56 Å². The molecule has 0 fully saturated rings. The highest BCUT2D eigenvalue weighted by molar-refractivity contribution is 6.30. The van der Waals surface area contributed by atoms with Crippen LogP contribution >= 0.6 is 11.6 Å². The van der Waals surface area contributed by atoms with Crippen LogP contribution in [0.1, 0.15) is 42.3 Å². The lowest BCUT2D eigenvalue weighted by atomic mass is 9.89. The summed E-state index contributed by atoms with van der Waals surface area (Å²) < 4.78 is 0. The Morgan fingerprint density at radius 2 is 2.00 bits per heavy atom. The SMILES string of the molecule is CC1=CC(C)(C)N(C)c2ccc(/C=N/NC(=O)c3cccc(Cl)c3)cc21. The van der Waals surface area contributed by atoms with Crippen molar-refractivity contribution in [3.05, 3.63) is 70.3 Å². The van der Waals surface area contributed by atoms with Crippen molar-refractivity contribution in [2.75, 3.05) is 11.9 Å². The first kappa shape index (κ1) is 18.2. The van der Waals surface area contributed by atoms with Crippen molar-refractivity contribution >= 4 is 35.0 Å². The molecule has 2 aromatic carbocycles. The molecule has 0 atom stereocenters. The van der Waals surface area contributed by atoms with Crippen molar-refractivity contribution in [3.8, 4) is 0 Å². The first-order chi connectivity index (χ1) is 12.3. The summed E-state index contributed by atoms with van der Waals surface area (Å²) in [4.78, 5) is 14.3. The number of anilines is 1. The molecule has 0 bridgehead atoms. The zero-order valence-electron chi connectivity index (χ0n) is 15.4. The van der Waals surface area contributed by atoms with Crippen LogP contribution in [0.15, 0.2) is 53.6 Å². The lowest BCUT2D eigenvalue weighted by molar-refractivity contribution is 0.0955. The number of carbonyl (C=O) groups is 1. The van der Waals surface area contributed by atoms with E-state index in [0.29, 0.717) is 10.6 Å². The van der Waals surface area contributed by atoms with Crippen LogP contribution in [-0.2, 0) is 0 Å². The largest absolute Gasteiger partial charge is 0.366 e. The van der Waals surface area contributed by atoms with Gasteiger partial charge in [-0.2, -0.15) is 5.10 Å². The molecular weight excluding hydrogens is 346 g/mol. The summed E-state index contributed by atoms with van der Waals surface area (Å²) in [5, 5.41) is 4.59. The minimum atomic E-state index is -0.292. The Morgan fingerprint density at radius 3 is 2.73 bits per heavy atom. The molecular formula is C21H22ClN3O. The number of halogens is 1. The molecule has 0 saturated heterocycles. The number of likely N-dealkylation sites (N-methyl/N-ethyl adjacent to an activating group) is 1. The van der Waals surface area contributed by atoms with Gasteiger partial charge in [0.2, 0.25) is 0 Å². The number of hydrazone groups is 1. The number of hydrogen-bond donors (Lipinski definition) is 1. The normalized spacial score (nSPS) is 15.6. The molecule has 0 spiro atoms. The van der Waals surface area contributed by atoms with Crippen molar-refractivity contribution in [1.29, 1.82) is 0 Å². The van der Waals surface area contributed by atoms with Crippen molar-refractivity contribution in [2.45, 2.75) is 26.3 Å². The Labute approximate surface area is 159 Å². The molecule has 1 heterocycles. The van der Waals surface area contributed by atoms with Gasteiger partial charge in [0.05, 0.1) is 11.8 Å². The van der Waals surface area contributed by atoms with E-state index >= 15 is 0 Å². The molecule has 0 saturated carbocycles. The highest BCUT2D eigenvalue weighted by atomic mass is 35.5. The molecule has 1 N–H and O–H groups in total. The Balaban J connectivity index is 1.77. The summed E-state index contributed by atoms with van der Waals surface area (Å²) in [6, 6.07) is 12.9. The number of hydrogen-bond acceptors (Lipinski definition) is 3. The first-order valence-electron chi connectivity index (χ1n) is 8.44. The van der Waals surface area contributed by atoms with Crippen LogP contribution in [0.4, 0.5) is 5.69 Å². The molecule has 1 amide bonds. The fourth-order valence-corrected chi connectivity index (χ4v) is 3.31. The second-order valence-corrected chi connectivity index (χ2v) is 7.46. The number of fused-ring (bicyclic) bond motifs is 1. The summed E-state index contributed by atoms with van der Waals surface area (Å²) >= 11 is 5.90. The number of allylic oxidation sites excluding steroid dienone is 1. The summed E-state index contributed by atoms with van der Waals surface area (Å²) in [5.41, 5.74) is 7.52. The molecule has 26 heavy (non-hydrogen) atoms. The van der Waals surface area contributed by atoms with E-state index in [2.05, 4.69) is 61.5 Å². The summed E-state index contributed by atoms with van der Waals surface area (Å²) in [5.74, 6) is -0.292. The van der Waals surface area contributed by atoms with Gasteiger partial charge in [0, 0.05) is 28.9 Å². The van der Waals surface area contributed by atoms with Gasteiger partial charge in [-0.05, 0) is 62.2 Å². The van der Waals surface area contributed by atoms with Crippen LogP contribution in [-0.4, -0.2) is 24.7 Å². The van der Waals surface area contributed by atoms with Gasteiger partial charge in [-0.25, -0.2) is 5.43 Å². The second kappa shape index (κ2) is 6.96. The number of benzene rings is 2. The second-order valence-electron chi connectivity index (χ2n) is 7.03. The summed E-state index contributed by atoms with van der Waals surface area (Å²) in [6.45, 7) is 6.51. The van der Waals surface area contributed by atoms with Crippen LogP contribution in [0, 0.1) is 0 Å². The lowest BCUT2D eigenvalue weighted by Crippen LogP contribution is -2.42. The molecule has 1 aliphatic heterocycles. The zero-order chi connectivity index (χ0) is 18.9. The fourth-order valence-electron chi connectivity index (χ4n) is 3.12. The molecule has 0 aliphatic carbocycles. The maximum absolute atomic E-state index is 12.1. The first-order valence-corrected chi connectivity index (χ1v) is 8.82. The van der Waals surface area contributed by atoms with Crippen LogP contribution < -0.4 is 10.3 Å². The number of rotatable bonds is 3. The van der Waals surface area contributed by atoms with Crippen LogP contribution in [0.2, 0.25) is 5.02 Å². The van der Waals surface area contributed by atoms with E-state index < -0.39 is 0 Å². The third-order valence-corrected chi connectivity index (χ3v) is 4.94. The van der Waals surface area contributed by atoms with Gasteiger partial charge in [-0.1, -0.05) is 29.8 Å². The molecule has 0 unspecified atom stereocenters. The van der Waals surface area contributed by atoms with Crippen molar-refractivity contribution in [1.82, 2.24) is 5.43 Å². The predicted octanol–water partition coefficient (Wildman–Crippen LogP) is 4.74. The average Bonchev–Trinajstić information content (AvgIpc) is 2.59. The molecule has 4 nitrogen and oxygen atoms in total. The molecule has 1 aliphatic rings. The van der Waals surface area contributed by atoms with Gasteiger partial charge in [0.15, 0.2) is 0 Å². The Bertz CT molecular complexity index is 915. The number of amides is 1. The Kier molecular flexibility index (Phi) is 4.88. The van der Waals surface area contributed by atoms with Crippen molar-refractivity contribution in [3.63, 3.8) is 0 Å². The van der Waals surface area contributed by atoms with E-state index in [4.69, 9.17) is 11.6 Å². The van der Waals surface area contributed by atoms with E-state index in [1.807, 2.05) is 6.07 Å². The van der Waals surface area contributed by atoms with Crippen LogP contribution in [0.5, 0.6) is 0 Å². The highest BCUT2D eigenvalue weighted by Gasteiger charge is 2.28. The third kappa shape index (κ3) is 3.65. The minimum Gasteiger partial charge on any atom is -0.366 e. The lowest BCUT2D eigenvalue weighted by Gasteiger charge is -2.40. The zero-order valence-corrected chi connectivity index (χ0v) is 16.1. The molecule has 3 rings (SSSR count). The predicted molar refractivity (Wildman–Crippen MR) is 109 cm³/mol. The highest BCUT2D eigenvalue weighted by Crippen LogP contribution is 2.37. The minimum absolute atomic E-state index is 0.0162. The van der Waals surface area contributed by atoms with Crippen molar-refractivity contribution < 1.29 is 4.79 Å². The van der Waals surface area contributed by atoms with E-state index in [9.17, 15) is 4.79 Å². The quantitative estimate of drug-likeness (QED) is 0.629. The molecule has 0 aromatic heterocycles. The Morgan fingerprint density at radius 1 is 1.23 bits per heavy atom. The van der Waals surface area contributed by atoms with Crippen LogP contribution in [0.3, 0.4) is 0 Å². The average molecular weight is 368 g/mol. The summed E-state index contributed by atoms with van der Waals surface area (Å²) in [7, 11) is 2.10. The maximum atomic E-state index is 12.1. The van der Waals surface area contributed by atoms with Crippen molar-refractivity contribution in [2.24, 2.45) is 5.10 Å². The van der Waals surface area contributed by atoms with Gasteiger partial charge in [0.1, 0.15) is 0 Å². The van der Waals surface area contributed by atoms with Gasteiger partial charge in [-0.3, -0.25) is 4.79 Å². The molecule has 134 valence electrons. The molecule has 5 heteroatoms. The number of nitrogens with zero attached hydrogens (tertiary/aromatic N) is 2. The topological polar surface area (TPSA) is 44.7 Å². The van der Waals surface area contributed by atoms with Gasteiger partial charge in [0.25, 0.3) is 5.91 Å². The molecule has 2 aromatic rings. The van der Waals surface area contributed by atoms with Crippen LogP contribution in [0.25, 0.3) is 5.57 Å². The van der Waals surface area contributed by atoms with E-state index in [1.165, 1.54) is 16.8 Å². The third-order valence-electron chi connectivity index (χ3n) is 4.71. The van der Waals surface area contributed by atoms with Gasteiger partial charge < -0.3 is 4.90 Å². The standard InChI is InChI=1S/C21H22ClN3O/c1-14-12-21(2,3)25(4)19-9-8-15(10-18(14)19)13-23-24-20(26)16-6-5-7-17(22)11-16/h5-13H,1-4H3,(H,24,26)/b23-13+. The van der Waals surface area contributed by atoms with Gasteiger partial charge in [-0.15, -0.1) is 0 Å². The number of carbonyl (C=O) groups excluding carboxylic acids is 1. The van der Waals surface area contributed by atoms with Gasteiger partial charge >= 0.3 is 0 Å². The molecule has 0 radical (unpaired) electrons. The fraction of sp³-hybridized carbons (Fsp3) is 0.238. The van der Waals surface area contributed by atoms with E-state index in [1.54, 1.807) is 30.5 Å². The smallest absolute Gasteiger partial charge is 0.271 e. The summed E-state index contributed by atoms with van der Waals surface area (Å²) in [6.07, 6.45) is 3.91. The number of nitrogens with one attached hydrogen (secondary N) is 1. The monoisotopic (exact) mass is 367 g/mol. The Hall–Kier alpha value is -2.59.